The lowest BCUT2D eigenvalue weighted by Gasteiger charge is -2.36. The van der Waals surface area contributed by atoms with E-state index in [1.807, 2.05) is 13.8 Å². The highest BCUT2D eigenvalue weighted by atomic mass is 16.9. The maximum absolute atomic E-state index is 13.8. The highest BCUT2D eigenvalue weighted by Gasteiger charge is 2.42. The third-order valence-electron chi connectivity index (χ3n) is 12.8. The number of carbonyl (C=O) groups excluding carboxylic acids is 2. The van der Waals surface area contributed by atoms with E-state index in [-0.39, 0.29) is 38.9 Å². The second-order valence-corrected chi connectivity index (χ2v) is 19.9. The van der Waals surface area contributed by atoms with E-state index in [1.54, 1.807) is 0 Å². The fourth-order valence-electron chi connectivity index (χ4n) is 8.38. The predicted octanol–water partition coefficient (Wildman–Crippen LogP) is 16.3. The van der Waals surface area contributed by atoms with E-state index >= 15 is 0 Å². The van der Waals surface area contributed by atoms with Gasteiger partial charge in [-0.25, -0.2) is 0 Å². The average molecular weight is 1060 g/mol. The van der Waals surface area contributed by atoms with E-state index in [0.717, 1.165) is 154 Å². The monoisotopic (exact) mass is 1060 g/mol. The number of ether oxygens (including phenoxy) is 12. The first-order chi connectivity index (χ1) is 36.0. The van der Waals surface area contributed by atoms with Crippen molar-refractivity contribution in [1.82, 2.24) is 0 Å². The molecule has 14 nitrogen and oxygen atoms in total. The molecule has 0 bridgehead atoms. The summed E-state index contributed by atoms with van der Waals surface area (Å²) >= 11 is 0. The van der Waals surface area contributed by atoms with Gasteiger partial charge in [0, 0.05) is 38.5 Å². The van der Waals surface area contributed by atoms with Crippen LogP contribution in [0.25, 0.3) is 0 Å². The van der Waals surface area contributed by atoms with Crippen molar-refractivity contribution in [3.8, 4) is 0 Å². The van der Waals surface area contributed by atoms with Gasteiger partial charge in [0.05, 0.1) is 66.1 Å². The van der Waals surface area contributed by atoms with Gasteiger partial charge >= 0.3 is 23.9 Å². The van der Waals surface area contributed by atoms with Gasteiger partial charge in [-0.2, -0.15) is 0 Å². The summed E-state index contributed by atoms with van der Waals surface area (Å²) in [5.74, 6) is -6.55. The minimum Gasteiger partial charge on any atom is -0.408 e. The number of hydrogen-bond donors (Lipinski definition) is 0. The lowest BCUT2D eigenvalue weighted by atomic mass is 10.1. The molecule has 0 radical (unpaired) electrons. The van der Waals surface area contributed by atoms with Crippen LogP contribution in [0.2, 0.25) is 0 Å². The number of rotatable bonds is 59. The third-order valence-corrected chi connectivity index (χ3v) is 12.8. The summed E-state index contributed by atoms with van der Waals surface area (Å²) in [7, 11) is 0. The summed E-state index contributed by atoms with van der Waals surface area (Å²) in [5.41, 5.74) is 0. The van der Waals surface area contributed by atoms with Crippen LogP contribution in [0.3, 0.4) is 0 Å². The van der Waals surface area contributed by atoms with Crippen LogP contribution in [0.5, 0.6) is 0 Å². The van der Waals surface area contributed by atoms with Gasteiger partial charge in [0.25, 0.3) is 11.9 Å². The zero-order chi connectivity index (χ0) is 54.8. The Balaban J connectivity index is 6.23. The minimum atomic E-state index is -1.59. The quantitative estimate of drug-likeness (QED) is 0.0323. The van der Waals surface area contributed by atoms with Gasteiger partial charge in [-0.05, 0) is 90.9 Å². The highest BCUT2D eigenvalue weighted by molar-refractivity contribution is 5.71. The minimum absolute atomic E-state index is 0.0625. The van der Waals surface area contributed by atoms with Gasteiger partial charge in [0.2, 0.25) is 0 Å². The Hall–Kier alpha value is -1.46. The van der Waals surface area contributed by atoms with Crippen molar-refractivity contribution >= 4 is 11.9 Å². The summed E-state index contributed by atoms with van der Waals surface area (Å²) in [6.07, 6.45) is 27.1. The molecule has 0 N–H and O–H groups in total. The van der Waals surface area contributed by atoms with E-state index in [0.29, 0.717) is 91.4 Å². The van der Waals surface area contributed by atoms with Gasteiger partial charge in [-0.3, -0.25) is 9.59 Å². The summed E-state index contributed by atoms with van der Waals surface area (Å²) in [6, 6.07) is 0. The molecule has 0 aliphatic rings. The molecule has 0 aromatic carbocycles. The second kappa shape index (κ2) is 49.8. The van der Waals surface area contributed by atoms with Crippen LogP contribution in [0, 0.1) is 0 Å². The summed E-state index contributed by atoms with van der Waals surface area (Å²) in [5, 5.41) is 0. The molecule has 0 rings (SSSR count). The molecule has 0 spiro atoms. The molecule has 0 amide bonds. The molecule has 442 valence electrons. The molecular weight excluding hydrogens is 945 g/mol. The first kappa shape index (κ1) is 72.5. The molecule has 0 aromatic heterocycles. The fraction of sp³-hybridized carbons (Fsp3) is 0.967. The molecule has 0 saturated heterocycles. The third kappa shape index (κ3) is 37.4. The molecule has 14 heteroatoms. The fourth-order valence-corrected chi connectivity index (χ4v) is 8.38. The predicted molar refractivity (Wildman–Crippen MR) is 296 cm³/mol. The van der Waals surface area contributed by atoms with Crippen molar-refractivity contribution in [2.24, 2.45) is 0 Å². The molecule has 0 saturated carbocycles. The van der Waals surface area contributed by atoms with Crippen LogP contribution in [-0.2, 0) is 66.4 Å². The van der Waals surface area contributed by atoms with Crippen molar-refractivity contribution in [2.75, 3.05) is 66.1 Å². The van der Waals surface area contributed by atoms with Crippen molar-refractivity contribution < 1.29 is 66.4 Å². The lowest BCUT2D eigenvalue weighted by Crippen LogP contribution is -2.44. The van der Waals surface area contributed by atoms with E-state index in [9.17, 15) is 9.59 Å². The molecule has 0 fully saturated rings. The molecule has 0 aliphatic heterocycles. The highest BCUT2D eigenvalue weighted by Crippen LogP contribution is 2.33. The Labute approximate surface area is 454 Å². The second-order valence-electron chi connectivity index (χ2n) is 19.9. The topological polar surface area (TPSA) is 145 Å². The maximum atomic E-state index is 13.8. The van der Waals surface area contributed by atoms with Crippen molar-refractivity contribution in [3.05, 3.63) is 0 Å². The van der Waals surface area contributed by atoms with Gasteiger partial charge in [0.1, 0.15) is 0 Å². The summed E-state index contributed by atoms with van der Waals surface area (Å²) < 4.78 is 76.7. The molecular formula is C60H118O14. The summed E-state index contributed by atoms with van der Waals surface area (Å²) in [6.45, 7) is 25.5. The molecule has 2 atom stereocenters. The van der Waals surface area contributed by atoms with E-state index in [1.165, 1.54) is 0 Å². The zero-order valence-electron chi connectivity index (χ0n) is 49.8. The number of carbonyl (C=O) groups is 2. The average Bonchev–Trinajstić information content (AvgIpc) is 3.38. The Morgan fingerprint density at radius 3 is 0.649 bits per heavy atom. The van der Waals surface area contributed by atoms with Crippen molar-refractivity contribution in [1.29, 1.82) is 0 Å². The number of esters is 2. The molecule has 0 aliphatic carbocycles. The van der Waals surface area contributed by atoms with Crippen LogP contribution >= 0.6 is 0 Å². The Morgan fingerprint density at radius 1 is 0.243 bits per heavy atom. The maximum Gasteiger partial charge on any atom is 0.329 e. The van der Waals surface area contributed by atoms with Crippen LogP contribution in [0.4, 0.5) is 0 Å². The standard InChI is InChI=1S/C60H118O14/c1-11-21-31-47-65-57(66-48-32-22-12-2,67-49-33-23-13-3)43-39-45-59(63-19-9,71-53-37-27-17-7)73-55(61)41-29-30-42-56(62)74-60(64-20-10,72-54-38-28-18-8)46-40-44-58(68-50-34-24-14-4,69-51-35-25-15-5)70-52-36-26-16-6/h11-54H2,1-10H3. The smallest absolute Gasteiger partial charge is 0.329 e. The van der Waals surface area contributed by atoms with E-state index < -0.39 is 35.8 Å². The van der Waals surface area contributed by atoms with Crippen LogP contribution in [0.15, 0.2) is 0 Å². The van der Waals surface area contributed by atoms with Gasteiger partial charge in [-0.1, -0.05) is 158 Å². The Morgan fingerprint density at radius 2 is 0.446 bits per heavy atom. The molecule has 0 aromatic rings. The van der Waals surface area contributed by atoms with Gasteiger partial charge < -0.3 is 56.8 Å². The lowest BCUT2D eigenvalue weighted by molar-refractivity contribution is -0.391. The van der Waals surface area contributed by atoms with E-state index in [2.05, 4.69) is 55.4 Å². The van der Waals surface area contributed by atoms with Crippen LogP contribution in [-0.4, -0.2) is 102 Å². The number of unbranched alkanes of at least 4 members (excludes halogenated alkanes) is 17. The Kier molecular flexibility index (Phi) is 48.8. The molecule has 2 unspecified atom stereocenters. The van der Waals surface area contributed by atoms with Gasteiger partial charge in [-0.15, -0.1) is 0 Å². The van der Waals surface area contributed by atoms with Crippen molar-refractivity contribution in [2.45, 2.75) is 311 Å². The number of hydrogen-bond acceptors (Lipinski definition) is 14. The van der Waals surface area contributed by atoms with Crippen molar-refractivity contribution in [3.63, 3.8) is 0 Å². The van der Waals surface area contributed by atoms with Gasteiger partial charge in [0.15, 0.2) is 0 Å². The van der Waals surface area contributed by atoms with Crippen LogP contribution in [0.1, 0.15) is 288 Å². The summed E-state index contributed by atoms with van der Waals surface area (Å²) in [4.78, 5) is 27.5. The van der Waals surface area contributed by atoms with E-state index in [4.69, 9.17) is 56.8 Å². The Bertz CT molecular complexity index is 1090. The first-order valence-corrected chi connectivity index (χ1v) is 30.8. The van der Waals surface area contributed by atoms with Crippen LogP contribution < -0.4 is 0 Å². The zero-order valence-corrected chi connectivity index (χ0v) is 49.8. The largest absolute Gasteiger partial charge is 0.408 e. The first-order valence-electron chi connectivity index (χ1n) is 30.8. The molecule has 74 heavy (non-hydrogen) atoms. The SMILES string of the molecule is CCCCCOC(CCCC(OCC)(OCCCCC)OC(=O)CCCCC(=O)OC(CCCC(OCCCCC)(OCCCCC)OCCCCC)(OCC)OCCCCC)(OCCCCC)OCCCCC. The molecule has 0 heterocycles. The normalized spacial score (nSPS) is 13.8.